The molecule has 3 fully saturated rings. The van der Waals surface area contributed by atoms with Crippen LogP contribution in [0.4, 0.5) is 5.69 Å². The molecule has 3 aliphatic heterocycles. The SMILES string of the molecule is O=C(C[N+]12CCC(CC1)[C@@H](C(O)(c1ccccc1)c1ccccc1)C2)c1ccc([N+](=O)[O-])cc1. The van der Waals surface area contributed by atoms with Crippen molar-refractivity contribution in [2.45, 2.75) is 18.4 Å². The van der Waals surface area contributed by atoms with Crippen LogP contribution in [0, 0.1) is 22.0 Å². The Hall–Kier alpha value is -3.35. The molecule has 6 rings (SSSR count). The first-order valence-corrected chi connectivity index (χ1v) is 11.9. The fraction of sp³-hybridized carbons (Fsp3) is 0.321. The number of hydrogen-bond donors (Lipinski definition) is 1. The Morgan fingerprint density at radius 3 is 1.94 bits per heavy atom. The predicted molar refractivity (Wildman–Crippen MR) is 129 cm³/mol. The number of benzene rings is 3. The molecule has 1 atom stereocenters. The normalized spacial score (nSPS) is 24.0. The number of aliphatic hydroxyl groups is 1. The van der Waals surface area contributed by atoms with Gasteiger partial charge in [-0.3, -0.25) is 14.9 Å². The molecule has 34 heavy (non-hydrogen) atoms. The molecule has 0 unspecified atom stereocenters. The molecule has 3 saturated heterocycles. The Bertz CT molecular complexity index is 1130. The van der Waals surface area contributed by atoms with E-state index in [-0.39, 0.29) is 17.4 Å². The van der Waals surface area contributed by atoms with Gasteiger partial charge in [-0.25, -0.2) is 0 Å². The van der Waals surface area contributed by atoms with Crippen LogP contribution in [0.5, 0.6) is 0 Å². The third-order valence-corrected chi connectivity index (χ3v) is 7.95. The molecule has 174 valence electrons. The minimum atomic E-state index is -1.13. The van der Waals surface area contributed by atoms with Crippen molar-refractivity contribution in [3.8, 4) is 0 Å². The Morgan fingerprint density at radius 2 is 1.44 bits per heavy atom. The second kappa shape index (κ2) is 8.78. The lowest BCUT2D eigenvalue weighted by Gasteiger charge is -2.56. The van der Waals surface area contributed by atoms with Crippen molar-refractivity contribution in [2.75, 3.05) is 26.2 Å². The maximum atomic E-state index is 13.2. The van der Waals surface area contributed by atoms with Crippen LogP contribution in [0.1, 0.15) is 34.3 Å². The first-order valence-electron chi connectivity index (χ1n) is 11.9. The van der Waals surface area contributed by atoms with Gasteiger partial charge in [0.05, 0.1) is 24.6 Å². The van der Waals surface area contributed by atoms with E-state index in [1.807, 2.05) is 60.7 Å². The summed E-state index contributed by atoms with van der Waals surface area (Å²) in [5.41, 5.74) is 1.13. The highest BCUT2D eigenvalue weighted by atomic mass is 16.6. The third-order valence-electron chi connectivity index (χ3n) is 7.95. The zero-order valence-corrected chi connectivity index (χ0v) is 19.0. The van der Waals surface area contributed by atoms with Crippen LogP contribution >= 0.6 is 0 Å². The molecule has 3 aromatic carbocycles. The highest BCUT2D eigenvalue weighted by Gasteiger charge is 2.55. The first kappa shape index (κ1) is 22.4. The Labute approximate surface area is 199 Å². The summed E-state index contributed by atoms with van der Waals surface area (Å²) in [7, 11) is 0. The molecular weight excluding hydrogens is 428 g/mol. The van der Waals surface area contributed by atoms with Gasteiger partial charge in [0.2, 0.25) is 5.78 Å². The molecule has 2 bridgehead atoms. The van der Waals surface area contributed by atoms with E-state index < -0.39 is 10.5 Å². The van der Waals surface area contributed by atoms with Gasteiger partial charge in [0.25, 0.3) is 5.69 Å². The first-order chi connectivity index (χ1) is 16.4. The Balaban J connectivity index is 1.46. The van der Waals surface area contributed by atoms with Crippen LogP contribution in [-0.2, 0) is 5.60 Å². The standard InChI is InChI=1S/C28H29N2O4/c31-27(22-11-13-25(14-12-22)29(33)34)20-30-17-15-21(16-18-30)26(19-30)28(32,23-7-3-1-4-8-23)24-9-5-2-6-10-24/h1-14,21,26,32H,15-20H2/q+1/t21?,26-,30?/m0/s1. The second-order valence-corrected chi connectivity index (χ2v) is 9.80. The quantitative estimate of drug-likeness (QED) is 0.244. The topological polar surface area (TPSA) is 80.4 Å². The molecule has 3 aliphatic rings. The van der Waals surface area contributed by atoms with Crippen molar-refractivity contribution in [3.63, 3.8) is 0 Å². The number of nitro groups is 1. The molecular formula is C28H29N2O4+. The van der Waals surface area contributed by atoms with Gasteiger partial charge in [0.1, 0.15) is 12.1 Å². The minimum Gasteiger partial charge on any atom is -0.380 e. The number of piperidine rings is 3. The van der Waals surface area contributed by atoms with Crippen LogP contribution in [-0.4, -0.2) is 46.5 Å². The average Bonchev–Trinajstić information content (AvgIpc) is 2.89. The monoisotopic (exact) mass is 457 g/mol. The van der Waals surface area contributed by atoms with Crippen molar-refractivity contribution in [3.05, 3.63) is 112 Å². The number of nitrogens with zero attached hydrogens (tertiary/aromatic N) is 2. The Morgan fingerprint density at radius 1 is 0.912 bits per heavy atom. The fourth-order valence-electron chi connectivity index (χ4n) is 6.13. The number of nitro benzene ring substituents is 1. The summed E-state index contributed by atoms with van der Waals surface area (Å²) < 4.78 is 0.652. The van der Waals surface area contributed by atoms with Crippen LogP contribution in [0.3, 0.4) is 0 Å². The summed E-state index contributed by atoms with van der Waals surface area (Å²) in [5.74, 6) is 0.376. The number of quaternary nitrogens is 1. The summed E-state index contributed by atoms with van der Waals surface area (Å²) in [6.07, 6.45) is 1.94. The third kappa shape index (κ3) is 3.93. The van der Waals surface area contributed by atoms with Gasteiger partial charge >= 0.3 is 0 Å². The van der Waals surface area contributed by atoms with E-state index in [4.69, 9.17) is 0 Å². The van der Waals surface area contributed by atoms with Crippen molar-refractivity contribution >= 4 is 11.5 Å². The molecule has 3 heterocycles. The summed E-state index contributed by atoms with van der Waals surface area (Å²) in [5, 5.41) is 23.3. The number of hydrogen-bond acceptors (Lipinski definition) is 4. The van der Waals surface area contributed by atoms with E-state index in [0.29, 0.717) is 22.5 Å². The zero-order chi connectivity index (χ0) is 23.8. The molecule has 0 aromatic heterocycles. The van der Waals surface area contributed by atoms with Crippen LogP contribution in [0.25, 0.3) is 0 Å². The van der Waals surface area contributed by atoms with E-state index in [2.05, 4.69) is 0 Å². The number of non-ortho nitro benzene ring substituents is 1. The van der Waals surface area contributed by atoms with E-state index in [1.165, 1.54) is 12.1 Å². The summed E-state index contributed by atoms with van der Waals surface area (Å²) >= 11 is 0. The van der Waals surface area contributed by atoms with Gasteiger partial charge in [-0.2, -0.15) is 0 Å². The van der Waals surface area contributed by atoms with Gasteiger partial charge < -0.3 is 9.59 Å². The number of Topliss-reactive ketones (excluding diaryl/α,β-unsaturated/α-hetero) is 1. The maximum absolute atomic E-state index is 13.2. The van der Waals surface area contributed by atoms with E-state index in [1.54, 1.807) is 12.1 Å². The molecule has 0 spiro atoms. The molecule has 0 radical (unpaired) electrons. The van der Waals surface area contributed by atoms with Gasteiger partial charge in [-0.1, -0.05) is 60.7 Å². The second-order valence-electron chi connectivity index (χ2n) is 9.80. The van der Waals surface area contributed by atoms with Crippen LogP contribution < -0.4 is 0 Å². The van der Waals surface area contributed by atoms with Crippen molar-refractivity contribution < 1.29 is 19.3 Å². The highest BCUT2D eigenvalue weighted by molar-refractivity contribution is 5.97. The minimum absolute atomic E-state index is 0.00281. The molecule has 6 nitrogen and oxygen atoms in total. The lowest BCUT2D eigenvalue weighted by atomic mass is 9.64. The number of carbonyl (C=O) groups is 1. The number of fused-ring (bicyclic) bond motifs is 3. The average molecular weight is 458 g/mol. The fourth-order valence-corrected chi connectivity index (χ4v) is 6.13. The predicted octanol–water partition coefficient (Wildman–Crippen LogP) is 4.57. The van der Waals surface area contributed by atoms with Crippen LogP contribution in [0.15, 0.2) is 84.9 Å². The molecule has 3 aromatic rings. The van der Waals surface area contributed by atoms with E-state index in [9.17, 15) is 20.0 Å². The lowest BCUT2D eigenvalue weighted by molar-refractivity contribution is -0.940. The maximum Gasteiger partial charge on any atom is 0.269 e. The summed E-state index contributed by atoms with van der Waals surface area (Å²) in [6, 6.07) is 25.7. The molecule has 0 saturated carbocycles. The van der Waals surface area contributed by atoms with Crippen LogP contribution in [0.2, 0.25) is 0 Å². The van der Waals surface area contributed by atoms with Crippen molar-refractivity contribution in [1.29, 1.82) is 0 Å². The number of ketones is 1. The molecule has 1 N–H and O–H groups in total. The largest absolute Gasteiger partial charge is 0.380 e. The van der Waals surface area contributed by atoms with E-state index in [0.717, 1.165) is 43.6 Å². The van der Waals surface area contributed by atoms with Gasteiger partial charge in [-0.15, -0.1) is 0 Å². The molecule has 6 heteroatoms. The van der Waals surface area contributed by atoms with E-state index >= 15 is 0 Å². The van der Waals surface area contributed by atoms with Gasteiger partial charge in [0.15, 0.2) is 0 Å². The molecule has 0 aliphatic carbocycles. The van der Waals surface area contributed by atoms with Crippen molar-refractivity contribution in [1.82, 2.24) is 0 Å². The van der Waals surface area contributed by atoms with Gasteiger partial charge in [0, 0.05) is 36.5 Å². The van der Waals surface area contributed by atoms with Crippen molar-refractivity contribution in [2.24, 2.45) is 11.8 Å². The molecule has 0 amide bonds. The zero-order valence-electron chi connectivity index (χ0n) is 19.0. The van der Waals surface area contributed by atoms with Gasteiger partial charge in [-0.05, 0) is 29.2 Å². The number of carbonyl (C=O) groups excluding carboxylic acids is 1. The highest BCUT2D eigenvalue weighted by Crippen LogP contribution is 2.49. The number of rotatable bonds is 7. The summed E-state index contributed by atoms with van der Waals surface area (Å²) in [6.45, 7) is 2.91. The lowest BCUT2D eigenvalue weighted by Crippen LogP contribution is -2.66. The smallest absolute Gasteiger partial charge is 0.269 e. The Kier molecular flexibility index (Phi) is 5.80. The summed E-state index contributed by atoms with van der Waals surface area (Å²) in [4.78, 5) is 23.7.